The van der Waals surface area contributed by atoms with Crippen LogP contribution in [-0.4, -0.2) is 26.5 Å². The second kappa shape index (κ2) is 4.61. The number of phenols is 3. The van der Waals surface area contributed by atoms with Gasteiger partial charge in [0, 0.05) is 12.5 Å². The van der Waals surface area contributed by atoms with Crippen molar-refractivity contribution >= 4 is 0 Å². The summed E-state index contributed by atoms with van der Waals surface area (Å²) in [5.41, 5.74) is 1.37. The van der Waals surface area contributed by atoms with Crippen LogP contribution in [0.2, 0.25) is 0 Å². The monoisotopic (exact) mass is 274 g/mol. The van der Waals surface area contributed by atoms with Gasteiger partial charge in [0.05, 0.1) is 6.10 Å². The summed E-state index contributed by atoms with van der Waals surface area (Å²) in [4.78, 5) is 0. The van der Waals surface area contributed by atoms with Crippen molar-refractivity contribution in [3.8, 4) is 23.0 Å². The van der Waals surface area contributed by atoms with Crippen molar-refractivity contribution < 1.29 is 25.2 Å². The van der Waals surface area contributed by atoms with E-state index >= 15 is 0 Å². The van der Waals surface area contributed by atoms with Crippen LogP contribution in [0.1, 0.15) is 17.2 Å². The minimum Gasteiger partial charge on any atom is -0.508 e. The third kappa shape index (κ3) is 2.12. The van der Waals surface area contributed by atoms with Crippen molar-refractivity contribution in [2.24, 2.45) is 0 Å². The Morgan fingerprint density at radius 3 is 2.50 bits per heavy atom. The van der Waals surface area contributed by atoms with Gasteiger partial charge in [0.25, 0.3) is 0 Å². The van der Waals surface area contributed by atoms with Crippen LogP contribution in [0.5, 0.6) is 23.0 Å². The number of rotatable bonds is 1. The predicted octanol–water partition coefficient (Wildman–Crippen LogP) is 1.84. The van der Waals surface area contributed by atoms with Gasteiger partial charge in [0.1, 0.15) is 17.6 Å². The minimum absolute atomic E-state index is 0.0902. The quantitative estimate of drug-likeness (QED) is 0.596. The number of hydrogen-bond acceptors (Lipinski definition) is 5. The summed E-state index contributed by atoms with van der Waals surface area (Å²) in [6.07, 6.45) is -1.03. The normalized spacial score (nSPS) is 21.1. The van der Waals surface area contributed by atoms with E-state index in [0.717, 1.165) is 5.56 Å². The number of fused-ring (bicyclic) bond motifs is 1. The first-order valence-corrected chi connectivity index (χ1v) is 6.23. The Morgan fingerprint density at radius 1 is 0.950 bits per heavy atom. The zero-order chi connectivity index (χ0) is 14.3. The number of hydrogen-bond donors (Lipinski definition) is 4. The summed E-state index contributed by atoms with van der Waals surface area (Å²) in [6.45, 7) is 0. The summed E-state index contributed by atoms with van der Waals surface area (Å²) in [5, 5.41) is 38.5. The maximum absolute atomic E-state index is 10.2. The van der Waals surface area contributed by atoms with Crippen LogP contribution in [0.15, 0.2) is 36.4 Å². The van der Waals surface area contributed by atoms with E-state index in [-0.39, 0.29) is 17.2 Å². The molecule has 2 unspecified atom stereocenters. The molecule has 0 saturated carbocycles. The van der Waals surface area contributed by atoms with Crippen molar-refractivity contribution in [3.63, 3.8) is 0 Å². The molecule has 0 fully saturated rings. The molecule has 3 rings (SSSR count). The summed E-state index contributed by atoms with van der Waals surface area (Å²) in [6, 6.07) is 9.03. The molecule has 0 spiro atoms. The van der Waals surface area contributed by atoms with Gasteiger partial charge in [-0.25, -0.2) is 0 Å². The van der Waals surface area contributed by atoms with Gasteiger partial charge in [-0.05, 0) is 29.3 Å². The second-order valence-electron chi connectivity index (χ2n) is 4.85. The van der Waals surface area contributed by atoms with E-state index in [2.05, 4.69) is 0 Å². The first-order valence-electron chi connectivity index (χ1n) is 6.23. The lowest BCUT2D eigenvalue weighted by molar-refractivity contribution is 0.0205. The Morgan fingerprint density at radius 2 is 1.75 bits per heavy atom. The van der Waals surface area contributed by atoms with Crippen LogP contribution in [0, 0.1) is 0 Å². The number of ether oxygens (including phenoxy) is 1. The maximum Gasteiger partial charge on any atom is 0.157 e. The van der Waals surface area contributed by atoms with Crippen molar-refractivity contribution in [2.75, 3.05) is 0 Å². The first kappa shape index (κ1) is 12.6. The lowest BCUT2D eigenvalue weighted by atomic mass is 9.94. The number of phenolic OH excluding ortho intramolecular Hbond substituents is 3. The topological polar surface area (TPSA) is 90.2 Å². The molecule has 0 aliphatic carbocycles. The molecule has 2 atom stereocenters. The SMILES string of the molecule is Oc1ccc2c(c1)OC(c1ccc(O)c(O)c1)C(O)C2. The molecular weight excluding hydrogens is 260 g/mol. The molecular formula is C15H14O5. The molecule has 20 heavy (non-hydrogen) atoms. The van der Waals surface area contributed by atoms with Crippen LogP contribution >= 0.6 is 0 Å². The zero-order valence-corrected chi connectivity index (χ0v) is 10.5. The van der Waals surface area contributed by atoms with Gasteiger partial charge in [-0.1, -0.05) is 12.1 Å². The van der Waals surface area contributed by atoms with Gasteiger partial charge >= 0.3 is 0 Å². The molecule has 0 aromatic heterocycles. The van der Waals surface area contributed by atoms with Crippen molar-refractivity contribution in [1.82, 2.24) is 0 Å². The number of aromatic hydroxyl groups is 3. The predicted molar refractivity (Wildman–Crippen MR) is 71.0 cm³/mol. The van der Waals surface area contributed by atoms with Crippen LogP contribution in [0.3, 0.4) is 0 Å². The average molecular weight is 274 g/mol. The highest BCUT2D eigenvalue weighted by atomic mass is 16.5. The Balaban J connectivity index is 1.97. The minimum atomic E-state index is -0.768. The maximum atomic E-state index is 10.2. The van der Waals surface area contributed by atoms with E-state index in [1.807, 2.05) is 0 Å². The average Bonchev–Trinajstić information content (AvgIpc) is 2.42. The highest BCUT2D eigenvalue weighted by Gasteiger charge is 2.30. The molecule has 104 valence electrons. The molecule has 5 heteroatoms. The Labute approximate surface area is 115 Å². The van der Waals surface area contributed by atoms with Gasteiger partial charge in [0.15, 0.2) is 11.5 Å². The Kier molecular flexibility index (Phi) is 2.91. The standard InChI is InChI=1S/C15H14O5/c16-10-3-1-8-5-13(19)15(20-14(8)7-10)9-2-4-11(17)12(18)6-9/h1-4,6-7,13,15-19H,5H2. The third-order valence-corrected chi connectivity index (χ3v) is 3.41. The molecule has 5 nitrogen and oxygen atoms in total. The lowest BCUT2D eigenvalue weighted by Gasteiger charge is -2.31. The van der Waals surface area contributed by atoms with Crippen molar-refractivity contribution in [2.45, 2.75) is 18.6 Å². The largest absolute Gasteiger partial charge is 0.508 e. The molecule has 4 N–H and O–H groups in total. The number of aliphatic hydroxyl groups is 1. The number of benzene rings is 2. The van der Waals surface area contributed by atoms with E-state index in [9.17, 15) is 20.4 Å². The summed E-state index contributed by atoms with van der Waals surface area (Å²) < 4.78 is 5.70. The molecule has 1 heterocycles. The van der Waals surface area contributed by atoms with E-state index in [0.29, 0.717) is 17.7 Å². The fraction of sp³-hybridized carbons (Fsp3) is 0.200. The number of aliphatic hydroxyl groups excluding tert-OH is 1. The van der Waals surface area contributed by atoms with Crippen LogP contribution < -0.4 is 4.74 Å². The molecule has 0 bridgehead atoms. The fourth-order valence-corrected chi connectivity index (χ4v) is 2.38. The highest BCUT2D eigenvalue weighted by molar-refractivity contribution is 5.45. The van der Waals surface area contributed by atoms with Crippen LogP contribution in [0.25, 0.3) is 0 Å². The summed E-state index contributed by atoms with van der Waals surface area (Å²) in [5.74, 6) is 0.109. The highest BCUT2D eigenvalue weighted by Crippen LogP contribution is 2.38. The lowest BCUT2D eigenvalue weighted by Crippen LogP contribution is -2.30. The Bertz CT molecular complexity index is 653. The summed E-state index contributed by atoms with van der Waals surface area (Å²) >= 11 is 0. The Hall–Kier alpha value is -2.40. The molecule has 2 aromatic rings. The van der Waals surface area contributed by atoms with Gasteiger partial charge in [-0.2, -0.15) is 0 Å². The molecule has 1 aliphatic heterocycles. The molecule has 0 radical (unpaired) electrons. The van der Waals surface area contributed by atoms with Crippen LogP contribution in [0.4, 0.5) is 0 Å². The molecule has 1 aliphatic rings. The van der Waals surface area contributed by atoms with Gasteiger partial charge in [-0.15, -0.1) is 0 Å². The van der Waals surface area contributed by atoms with Crippen molar-refractivity contribution in [1.29, 1.82) is 0 Å². The molecule has 2 aromatic carbocycles. The summed E-state index contributed by atoms with van der Waals surface area (Å²) in [7, 11) is 0. The first-order chi connectivity index (χ1) is 9.54. The van der Waals surface area contributed by atoms with E-state index < -0.39 is 12.2 Å². The second-order valence-corrected chi connectivity index (χ2v) is 4.85. The zero-order valence-electron chi connectivity index (χ0n) is 10.5. The smallest absolute Gasteiger partial charge is 0.157 e. The third-order valence-electron chi connectivity index (χ3n) is 3.41. The van der Waals surface area contributed by atoms with E-state index in [1.165, 1.54) is 18.2 Å². The molecule has 0 saturated heterocycles. The van der Waals surface area contributed by atoms with Gasteiger partial charge in [-0.3, -0.25) is 0 Å². The van der Waals surface area contributed by atoms with Crippen LogP contribution in [-0.2, 0) is 6.42 Å². The van der Waals surface area contributed by atoms with Gasteiger partial charge < -0.3 is 25.2 Å². The van der Waals surface area contributed by atoms with E-state index in [1.54, 1.807) is 18.2 Å². The van der Waals surface area contributed by atoms with Crippen molar-refractivity contribution in [3.05, 3.63) is 47.5 Å². The van der Waals surface area contributed by atoms with Gasteiger partial charge in [0.2, 0.25) is 0 Å². The van der Waals surface area contributed by atoms with E-state index in [4.69, 9.17) is 4.74 Å². The molecule has 0 amide bonds. The fourth-order valence-electron chi connectivity index (χ4n) is 2.38.